The zero-order valence-electron chi connectivity index (χ0n) is 11.7. The summed E-state index contributed by atoms with van der Waals surface area (Å²) in [6, 6.07) is 4.11. The second-order valence-electron chi connectivity index (χ2n) is 5.79. The number of benzene rings is 1. The molecule has 0 aliphatic carbocycles. The first-order valence-electron chi connectivity index (χ1n) is 6.80. The predicted molar refractivity (Wildman–Crippen MR) is 80.9 cm³/mol. The van der Waals surface area contributed by atoms with Gasteiger partial charge >= 0.3 is 0 Å². The maximum atomic E-state index is 5.66. The van der Waals surface area contributed by atoms with Crippen molar-refractivity contribution in [1.82, 2.24) is 0 Å². The van der Waals surface area contributed by atoms with E-state index in [1.165, 1.54) is 5.56 Å². The van der Waals surface area contributed by atoms with Gasteiger partial charge in [-0.05, 0) is 48.9 Å². The summed E-state index contributed by atoms with van der Waals surface area (Å²) in [5, 5.41) is 0. The normalized spacial score (nSPS) is 14.5. The standard InChI is InChI=1S/C15H22BrNO2/c1-15(2,5-6-17)4-3-11-9-13-14(10-12(11)16)19-8-7-18-13/h9-10H,3-8,17H2,1-2H3. The molecular formula is C15H22BrNO2. The second kappa shape index (κ2) is 6.14. The van der Waals surface area contributed by atoms with Gasteiger partial charge in [0.1, 0.15) is 13.2 Å². The summed E-state index contributed by atoms with van der Waals surface area (Å²) in [5.41, 5.74) is 7.21. The molecule has 1 aliphatic rings. The van der Waals surface area contributed by atoms with E-state index in [2.05, 4.69) is 35.8 Å². The Morgan fingerprint density at radius 2 is 1.79 bits per heavy atom. The van der Waals surface area contributed by atoms with E-state index in [-0.39, 0.29) is 5.41 Å². The van der Waals surface area contributed by atoms with Crippen LogP contribution in [0.25, 0.3) is 0 Å². The summed E-state index contributed by atoms with van der Waals surface area (Å²) in [7, 11) is 0. The zero-order valence-corrected chi connectivity index (χ0v) is 13.3. The van der Waals surface area contributed by atoms with E-state index in [1.54, 1.807) is 0 Å². The van der Waals surface area contributed by atoms with Gasteiger partial charge < -0.3 is 15.2 Å². The molecule has 106 valence electrons. The van der Waals surface area contributed by atoms with Crippen LogP contribution in [-0.2, 0) is 6.42 Å². The van der Waals surface area contributed by atoms with Crippen LogP contribution in [0.4, 0.5) is 0 Å². The van der Waals surface area contributed by atoms with E-state index in [4.69, 9.17) is 15.2 Å². The summed E-state index contributed by atoms with van der Waals surface area (Å²) < 4.78 is 12.3. The molecule has 2 N–H and O–H groups in total. The Bertz CT molecular complexity index is 446. The maximum absolute atomic E-state index is 5.66. The van der Waals surface area contributed by atoms with Crippen LogP contribution < -0.4 is 15.2 Å². The third-order valence-corrected chi connectivity index (χ3v) is 4.34. The Morgan fingerprint density at radius 3 is 2.42 bits per heavy atom. The first kappa shape index (κ1) is 14.7. The van der Waals surface area contributed by atoms with E-state index in [9.17, 15) is 0 Å². The molecule has 1 aromatic carbocycles. The smallest absolute Gasteiger partial charge is 0.162 e. The molecule has 0 unspecified atom stereocenters. The topological polar surface area (TPSA) is 44.5 Å². The van der Waals surface area contributed by atoms with Gasteiger partial charge in [-0.3, -0.25) is 0 Å². The van der Waals surface area contributed by atoms with E-state index < -0.39 is 0 Å². The third-order valence-electron chi connectivity index (χ3n) is 3.60. The molecular weight excluding hydrogens is 306 g/mol. The largest absolute Gasteiger partial charge is 0.486 e. The highest BCUT2D eigenvalue weighted by molar-refractivity contribution is 9.10. The molecule has 2 rings (SSSR count). The number of ether oxygens (including phenoxy) is 2. The number of nitrogens with two attached hydrogens (primary N) is 1. The van der Waals surface area contributed by atoms with Crippen LogP contribution in [0.5, 0.6) is 11.5 Å². The first-order valence-corrected chi connectivity index (χ1v) is 7.59. The van der Waals surface area contributed by atoms with Gasteiger partial charge in [0.2, 0.25) is 0 Å². The summed E-state index contributed by atoms with van der Waals surface area (Å²) in [5.74, 6) is 1.70. The lowest BCUT2D eigenvalue weighted by Gasteiger charge is -2.25. The lowest BCUT2D eigenvalue weighted by Crippen LogP contribution is -2.18. The van der Waals surface area contributed by atoms with E-state index in [0.717, 1.165) is 41.8 Å². The fourth-order valence-electron chi connectivity index (χ4n) is 2.29. The Kier molecular flexibility index (Phi) is 4.74. The molecule has 0 atom stereocenters. The monoisotopic (exact) mass is 327 g/mol. The molecule has 0 spiro atoms. The molecule has 0 saturated carbocycles. The summed E-state index contributed by atoms with van der Waals surface area (Å²) >= 11 is 3.62. The van der Waals surface area contributed by atoms with Crippen molar-refractivity contribution in [3.63, 3.8) is 0 Å². The molecule has 0 aromatic heterocycles. The molecule has 1 aromatic rings. The van der Waals surface area contributed by atoms with E-state index in [1.807, 2.05) is 6.07 Å². The molecule has 19 heavy (non-hydrogen) atoms. The van der Waals surface area contributed by atoms with Crippen molar-refractivity contribution >= 4 is 15.9 Å². The molecule has 3 nitrogen and oxygen atoms in total. The lowest BCUT2D eigenvalue weighted by atomic mass is 9.83. The number of rotatable bonds is 5. The predicted octanol–water partition coefficient (Wildman–Crippen LogP) is 3.53. The Hall–Kier alpha value is -0.740. The number of hydrogen-bond acceptors (Lipinski definition) is 3. The van der Waals surface area contributed by atoms with Crippen molar-refractivity contribution in [3.8, 4) is 11.5 Å². The highest BCUT2D eigenvalue weighted by Crippen LogP contribution is 2.37. The second-order valence-corrected chi connectivity index (χ2v) is 6.64. The Labute approximate surface area is 123 Å². The van der Waals surface area contributed by atoms with Crippen molar-refractivity contribution in [2.45, 2.75) is 33.1 Å². The Balaban J connectivity index is 2.08. The van der Waals surface area contributed by atoms with Crippen LogP contribution in [-0.4, -0.2) is 19.8 Å². The van der Waals surface area contributed by atoms with Gasteiger partial charge in [0, 0.05) is 4.47 Å². The van der Waals surface area contributed by atoms with Crippen molar-refractivity contribution in [2.75, 3.05) is 19.8 Å². The van der Waals surface area contributed by atoms with Crippen molar-refractivity contribution in [1.29, 1.82) is 0 Å². The van der Waals surface area contributed by atoms with Gasteiger partial charge in [-0.25, -0.2) is 0 Å². The zero-order chi connectivity index (χ0) is 13.9. The average molecular weight is 328 g/mol. The summed E-state index contributed by atoms with van der Waals surface area (Å²) in [6.07, 6.45) is 3.18. The molecule has 0 saturated heterocycles. The minimum Gasteiger partial charge on any atom is -0.486 e. The number of halogens is 1. The van der Waals surface area contributed by atoms with Crippen LogP contribution >= 0.6 is 15.9 Å². The SMILES string of the molecule is CC(C)(CCN)CCc1cc2c(cc1Br)OCCO2. The highest BCUT2D eigenvalue weighted by atomic mass is 79.9. The van der Waals surface area contributed by atoms with Crippen LogP contribution in [0.3, 0.4) is 0 Å². The summed E-state index contributed by atoms with van der Waals surface area (Å²) in [6.45, 7) is 6.54. The van der Waals surface area contributed by atoms with Crippen molar-refractivity contribution in [3.05, 3.63) is 22.2 Å². The minimum atomic E-state index is 0.279. The molecule has 4 heteroatoms. The van der Waals surface area contributed by atoms with Crippen LogP contribution in [0.15, 0.2) is 16.6 Å². The average Bonchev–Trinajstić information content (AvgIpc) is 2.36. The highest BCUT2D eigenvalue weighted by Gasteiger charge is 2.19. The maximum Gasteiger partial charge on any atom is 0.162 e. The van der Waals surface area contributed by atoms with Gasteiger partial charge in [-0.1, -0.05) is 29.8 Å². The minimum absolute atomic E-state index is 0.279. The van der Waals surface area contributed by atoms with Crippen LogP contribution in [0, 0.1) is 5.41 Å². The molecule has 0 amide bonds. The van der Waals surface area contributed by atoms with Crippen molar-refractivity contribution in [2.24, 2.45) is 11.1 Å². The van der Waals surface area contributed by atoms with Gasteiger partial charge in [0.15, 0.2) is 11.5 Å². The molecule has 0 bridgehead atoms. The van der Waals surface area contributed by atoms with Gasteiger partial charge in [-0.15, -0.1) is 0 Å². The third kappa shape index (κ3) is 3.86. The number of aryl methyl sites for hydroxylation is 1. The molecule has 0 fully saturated rings. The van der Waals surface area contributed by atoms with E-state index >= 15 is 0 Å². The van der Waals surface area contributed by atoms with Gasteiger partial charge in [0.25, 0.3) is 0 Å². The van der Waals surface area contributed by atoms with Gasteiger partial charge in [0.05, 0.1) is 0 Å². The first-order chi connectivity index (χ1) is 9.02. The quantitative estimate of drug-likeness (QED) is 0.899. The lowest BCUT2D eigenvalue weighted by molar-refractivity contribution is 0.171. The fourth-order valence-corrected chi connectivity index (χ4v) is 2.81. The molecule has 0 radical (unpaired) electrons. The fraction of sp³-hybridized carbons (Fsp3) is 0.600. The Morgan fingerprint density at radius 1 is 1.16 bits per heavy atom. The van der Waals surface area contributed by atoms with Crippen molar-refractivity contribution < 1.29 is 9.47 Å². The number of fused-ring (bicyclic) bond motifs is 1. The van der Waals surface area contributed by atoms with Crippen LogP contribution in [0.1, 0.15) is 32.3 Å². The van der Waals surface area contributed by atoms with Crippen LogP contribution in [0.2, 0.25) is 0 Å². The number of hydrogen-bond donors (Lipinski definition) is 1. The summed E-state index contributed by atoms with van der Waals surface area (Å²) in [4.78, 5) is 0. The van der Waals surface area contributed by atoms with E-state index in [0.29, 0.717) is 13.2 Å². The van der Waals surface area contributed by atoms with Gasteiger partial charge in [-0.2, -0.15) is 0 Å². The molecule has 1 heterocycles. The molecule has 1 aliphatic heterocycles.